The van der Waals surface area contributed by atoms with Crippen molar-refractivity contribution in [2.75, 3.05) is 12.0 Å². The highest BCUT2D eigenvalue weighted by Crippen LogP contribution is 2.61. The van der Waals surface area contributed by atoms with Gasteiger partial charge < -0.3 is 9.84 Å². The average Bonchev–Trinajstić information content (AvgIpc) is 3.41. The van der Waals surface area contributed by atoms with Crippen LogP contribution in [-0.4, -0.2) is 46.1 Å². The number of aromatic hydroxyl groups is 1. The van der Waals surface area contributed by atoms with Crippen LogP contribution in [0.2, 0.25) is 5.02 Å². The van der Waals surface area contributed by atoms with E-state index in [4.69, 9.17) is 16.3 Å². The summed E-state index contributed by atoms with van der Waals surface area (Å²) in [5.41, 5.74) is 1.05. The van der Waals surface area contributed by atoms with E-state index in [1.807, 2.05) is 48.6 Å². The summed E-state index contributed by atoms with van der Waals surface area (Å²) in [6.45, 7) is 0. The smallest absolute Gasteiger partial charge is 0.257 e. The number of ether oxygens (including phenoxy) is 1. The van der Waals surface area contributed by atoms with Crippen LogP contribution in [0.25, 0.3) is 6.08 Å². The molecule has 0 aromatic heterocycles. The van der Waals surface area contributed by atoms with Gasteiger partial charge in [0.05, 0.1) is 36.0 Å². The number of rotatable bonds is 5. The van der Waals surface area contributed by atoms with Gasteiger partial charge >= 0.3 is 0 Å². The van der Waals surface area contributed by atoms with E-state index in [1.165, 1.54) is 18.1 Å². The number of hydrogen-bond donors (Lipinski definition) is 2. The number of fused-ring (bicyclic) bond motifs is 4. The van der Waals surface area contributed by atoms with E-state index < -0.39 is 58.6 Å². The second-order valence-corrected chi connectivity index (χ2v) is 12.4. The number of allylic oxidation sites excluding steroid dienone is 3. The first-order valence-electron chi connectivity index (χ1n) is 14.7. The molecule has 3 aromatic carbocycles. The molecule has 45 heavy (non-hydrogen) atoms. The van der Waals surface area contributed by atoms with Crippen LogP contribution in [0.15, 0.2) is 90.5 Å². The average molecular weight is 625 g/mol. The van der Waals surface area contributed by atoms with E-state index in [9.17, 15) is 24.7 Å². The molecule has 1 saturated carbocycles. The first-order valence-corrected chi connectivity index (χ1v) is 15.1. The first kappa shape index (κ1) is 29.0. The third-order valence-electron chi connectivity index (χ3n) is 9.89. The fraction of sp³-hybridized carbons (Fsp3) is 0.257. The van der Waals surface area contributed by atoms with Crippen LogP contribution >= 0.6 is 11.6 Å². The SMILES string of the molecule is COc1cc(C=C[C@H]2C3=CC[C@@H]4C(=O)N(O)C(=O)[C@@H]4[C@@H]3C[C@H]3C(=O)N(c4cccc(Cl)c4)C(=O)[C@@]23c2ccccc2)ccc1O. The number of carbonyl (C=O) groups excluding carboxylic acids is 4. The highest BCUT2D eigenvalue weighted by molar-refractivity contribution is 6.32. The molecule has 3 aromatic rings. The van der Waals surface area contributed by atoms with Crippen molar-refractivity contribution in [3.63, 3.8) is 0 Å². The number of nitrogens with zero attached hydrogens (tertiary/aromatic N) is 2. The molecule has 2 heterocycles. The van der Waals surface area contributed by atoms with Gasteiger partial charge in [0.25, 0.3) is 11.8 Å². The number of phenolic OH excluding ortho intramolecular Hbond substituents is 1. The molecule has 3 fully saturated rings. The highest BCUT2D eigenvalue weighted by Gasteiger charge is 2.69. The molecule has 10 heteroatoms. The van der Waals surface area contributed by atoms with E-state index >= 15 is 4.79 Å². The van der Waals surface area contributed by atoms with Gasteiger partial charge in [-0.25, -0.2) is 4.90 Å². The zero-order valence-electron chi connectivity index (χ0n) is 24.2. The van der Waals surface area contributed by atoms with E-state index in [-0.39, 0.29) is 29.4 Å². The topological polar surface area (TPSA) is 124 Å². The van der Waals surface area contributed by atoms with Gasteiger partial charge in [0, 0.05) is 10.9 Å². The van der Waals surface area contributed by atoms with Gasteiger partial charge in [0.15, 0.2) is 11.5 Å². The molecule has 0 bridgehead atoms. The minimum absolute atomic E-state index is 0.0269. The summed E-state index contributed by atoms with van der Waals surface area (Å²) < 4.78 is 5.30. The largest absolute Gasteiger partial charge is 0.504 e. The van der Waals surface area contributed by atoms with Crippen molar-refractivity contribution in [2.24, 2.45) is 29.6 Å². The Morgan fingerprint density at radius 1 is 0.933 bits per heavy atom. The van der Waals surface area contributed by atoms with Crippen molar-refractivity contribution >= 4 is 47.0 Å². The fourth-order valence-corrected chi connectivity index (χ4v) is 8.16. The number of amides is 4. The Morgan fingerprint density at radius 2 is 1.71 bits per heavy atom. The molecule has 6 atom stereocenters. The third-order valence-corrected chi connectivity index (χ3v) is 10.1. The number of imide groups is 2. The van der Waals surface area contributed by atoms with Gasteiger partial charge in [0.1, 0.15) is 0 Å². The molecule has 0 unspecified atom stereocenters. The normalized spacial score (nSPS) is 29.1. The minimum atomic E-state index is -1.39. The molecule has 2 N–H and O–H groups in total. The van der Waals surface area contributed by atoms with Gasteiger partial charge in [-0.2, -0.15) is 5.06 Å². The van der Waals surface area contributed by atoms with Crippen molar-refractivity contribution in [3.8, 4) is 11.5 Å². The van der Waals surface area contributed by atoms with Crippen LogP contribution in [0.5, 0.6) is 11.5 Å². The number of halogens is 1. The summed E-state index contributed by atoms with van der Waals surface area (Å²) in [4.78, 5) is 56.9. The molecule has 2 saturated heterocycles. The molecule has 228 valence electrons. The number of anilines is 1. The van der Waals surface area contributed by atoms with E-state index in [0.717, 1.165) is 5.57 Å². The van der Waals surface area contributed by atoms with Crippen molar-refractivity contribution in [3.05, 3.63) is 107 Å². The monoisotopic (exact) mass is 624 g/mol. The van der Waals surface area contributed by atoms with Gasteiger partial charge in [-0.15, -0.1) is 0 Å². The number of benzene rings is 3. The lowest BCUT2D eigenvalue weighted by atomic mass is 9.50. The van der Waals surface area contributed by atoms with Crippen LogP contribution in [0.1, 0.15) is 24.0 Å². The Kier molecular flexibility index (Phi) is 6.91. The Morgan fingerprint density at radius 3 is 2.44 bits per heavy atom. The van der Waals surface area contributed by atoms with Crippen molar-refractivity contribution in [1.82, 2.24) is 5.06 Å². The zero-order chi connectivity index (χ0) is 31.6. The summed E-state index contributed by atoms with van der Waals surface area (Å²) in [6, 6.07) is 20.6. The summed E-state index contributed by atoms with van der Waals surface area (Å²) in [7, 11) is 1.45. The first-order chi connectivity index (χ1) is 21.7. The van der Waals surface area contributed by atoms with Crippen LogP contribution in [0.4, 0.5) is 5.69 Å². The minimum Gasteiger partial charge on any atom is -0.504 e. The van der Waals surface area contributed by atoms with Gasteiger partial charge in [0.2, 0.25) is 11.8 Å². The van der Waals surface area contributed by atoms with E-state index in [0.29, 0.717) is 21.8 Å². The second kappa shape index (κ2) is 10.7. The third kappa shape index (κ3) is 4.18. The molecule has 2 aliphatic carbocycles. The zero-order valence-corrected chi connectivity index (χ0v) is 24.9. The molecule has 0 spiro atoms. The number of carbonyl (C=O) groups is 4. The Bertz CT molecular complexity index is 1820. The maximum Gasteiger partial charge on any atom is 0.257 e. The number of phenols is 1. The Balaban J connectivity index is 1.46. The molecular weight excluding hydrogens is 596 g/mol. The Hall–Kier alpha value is -4.73. The number of methoxy groups -OCH3 is 1. The predicted molar refractivity (Wildman–Crippen MR) is 164 cm³/mol. The predicted octanol–water partition coefficient (Wildman–Crippen LogP) is 5.15. The van der Waals surface area contributed by atoms with Crippen LogP contribution in [-0.2, 0) is 24.6 Å². The van der Waals surface area contributed by atoms with E-state index in [1.54, 1.807) is 36.4 Å². The van der Waals surface area contributed by atoms with Gasteiger partial charge in [-0.05, 0) is 60.2 Å². The summed E-state index contributed by atoms with van der Waals surface area (Å²) >= 11 is 6.31. The van der Waals surface area contributed by atoms with Crippen molar-refractivity contribution < 1.29 is 34.2 Å². The summed E-state index contributed by atoms with van der Waals surface area (Å²) in [6.07, 6.45) is 5.93. The lowest BCUT2D eigenvalue weighted by Gasteiger charge is -2.49. The standard InChI is InChI=1S/C35H29ClN2O7/c1-45-29-16-19(11-15-28(29)39)10-14-26-23-12-13-24-30(33(42)38(44)31(24)40)25(23)18-27-32(41)37(22-9-5-8-21(36)17-22)34(43)35(26,27)20-6-3-2-4-7-20/h2-12,14-17,24-27,30,39,44H,13,18H2,1H3/t24-,25+,26-,27-,30-,35-/m0/s1. The maximum absolute atomic E-state index is 15.0. The fourth-order valence-electron chi connectivity index (χ4n) is 7.98. The molecule has 4 amide bonds. The lowest BCUT2D eigenvalue weighted by Crippen LogP contribution is -2.54. The van der Waals surface area contributed by atoms with Crippen LogP contribution in [0, 0.1) is 29.6 Å². The maximum atomic E-state index is 15.0. The molecular formula is C35H29ClN2O7. The highest BCUT2D eigenvalue weighted by atomic mass is 35.5. The lowest BCUT2D eigenvalue weighted by molar-refractivity contribution is -0.173. The molecule has 7 rings (SSSR count). The molecule has 0 radical (unpaired) electrons. The van der Waals surface area contributed by atoms with Gasteiger partial charge in [-0.1, -0.05) is 77.9 Å². The summed E-state index contributed by atoms with van der Waals surface area (Å²) in [5.74, 6) is -5.72. The van der Waals surface area contributed by atoms with Crippen LogP contribution < -0.4 is 9.64 Å². The van der Waals surface area contributed by atoms with E-state index in [2.05, 4.69) is 0 Å². The second-order valence-electron chi connectivity index (χ2n) is 11.9. The number of hydroxylamine groups is 2. The van der Waals surface area contributed by atoms with Gasteiger partial charge in [-0.3, -0.25) is 24.4 Å². The molecule has 4 aliphatic rings. The Labute approximate surface area is 263 Å². The molecule has 9 nitrogen and oxygen atoms in total. The number of hydrogen-bond acceptors (Lipinski definition) is 7. The van der Waals surface area contributed by atoms with Crippen LogP contribution in [0.3, 0.4) is 0 Å². The van der Waals surface area contributed by atoms with Crippen molar-refractivity contribution in [1.29, 1.82) is 0 Å². The van der Waals surface area contributed by atoms with Crippen molar-refractivity contribution in [2.45, 2.75) is 18.3 Å². The summed E-state index contributed by atoms with van der Waals surface area (Å²) in [5, 5.41) is 21.1. The quantitative estimate of drug-likeness (QED) is 0.228. The molecule has 2 aliphatic heterocycles.